The molecule has 0 aromatic heterocycles. The number of hydrogen-bond donors (Lipinski definition) is 2. The molecule has 2 N–H and O–H groups in total. The fraction of sp³-hybridized carbons (Fsp3) is 0.0526. The molecule has 0 aliphatic rings. The number of benzene rings is 3. The van der Waals surface area contributed by atoms with Crippen molar-refractivity contribution in [2.75, 3.05) is 5.32 Å². The predicted octanol–water partition coefficient (Wildman–Crippen LogP) is 4.67. The molecule has 2 heteroatoms. The summed E-state index contributed by atoms with van der Waals surface area (Å²) in [6.07, 6.45) is 0. The minimum absolute atomic E-state index is 0.321. The molecule has 0 heterocycles. The van der Waals surface area contributed by atoms with Crippen LogP contribution in [0.2, 0.25) is 0 Å². The van der Waals surface area contributed by atoms with Gasteiger partial charge in [-0.25, -0.2) is 0 Å². The third kappa shape index (κ3) is 3.06. The van der Waals surface area contributed by atoms with Gasteiger partial charge in [-0.05, 0) is 17.7 Å². The summed E-state index contributed by atoms with van der Waals surface area (Å²) < 4.78 is 0. The fourth-order valence-electron chi connectivity index (χ4n) is 2.36. The number of phenols is 1. The van der Waals surface area contributed by atoms with Gasteiger partial charge in [0.2, 0.25) is 0 Å². The van der Waals surface area contributed by atoms with Crippen molar-refractivity contribution in [2.24, 2.45) is 0 Å². The van der Waals surface area contributed by atoms with Gasteiger partial charge in [0.15, 0.2) is 0 Å². The number of anilines is 1. The Morgan fingerprint density at radius 1 is 0.714 bits per heavy atom. The molecule has 0 bridgehead atoms. The second-order valence-corrected chi connectivity index (χ2v) is 4.89. The average Bonchev–Trinajstić information content (AvgIpc) is 2.55. The second kappa shape index (κ2) is 6.14. The van der Waals surface area contributed by atoms with Gasteiger partial charge in [-0.3, -0.25) is 0 Å². The van der Waals surface area contributed by atoms with Gasteiger partial charge in [0, 0.05) is 23.4 Å². The molecule has 0 spiro atoms. The van der Waals surface area contributed by atoms with E-state index in [9.17, 15) is 5.11 Å². The van der Waals surface area contributed by atoms with Gasteiger partial charge in [-0.2, -0.15) is 0 Å². The molecule has 0 fully saturated rings. The molecular formula is C19H17NO. The van der Waals surface area contributed by atoms with E-state index in [0.717, 1.165) is 16.8 Å². The van der Waals surface area contributed by atoms with E-state index in [1.54, 1.807) is 6.07 Å². The lowest BCUT2D eigenvalue weighted by Gasteiger charge is -2.13. The molecule has 2 nitrogen and oxygen atoms in total. The Morgan fingerprint density at radius 3 is 2.19 bits per heavy atom. The Bertz CT molecular complexity index is 722. The molecule has 0 radical (unpaired) electrons. The monoisotopic (exact) mass is 275 g/mol. The number of aromatic hydroxyl groups is 1. The maximum atomic E-state index is 9.83. The number of phenolic OH excluding ortho intramolecular Hbond substituents is 1. The molecule has 0 amide bonds. The summed E-state index contributed by atoms with van der Waals surface area (Å²) in [5.74, 6) is 0.321. The van der Waals surface area contributed by atoms with Crippen molar-refractivity contribution in [3.63, 3.8) is 0 Å². The van der Waals surface area contributed by atoms with Crippen LogP contribution in [0.1, 0.15) is 5.56 Å². The molecule has 104 valence electrons. The maximum Gasteiger partial charge on any atom is 0.120 e. The topological polar surface area (TPSA) is 32.3 Å². The van der Waals surface area contributed by atoms with E-state index in [2.05, 4.69) is 29.6 Å². The molecule has 3 rings (SSSR count). The van der Waals surface area contributed by atoms with E-state index in [1.807, 2.05) is 48.5 Å². The molecule has 0 saturated carbocycles. The summed E-state index contributed by atoms with van der Waals surface area (Å²) in [4.78, 5) is 0. The Labute approximate surface area is 124 Å². The van der Waals surface area contributed by atoms with Gasteiger partial charge >= 0.3 is 0 Å². The summed E-state index contributed by atoms with van der Waals surface area (Å²) in [6, 6.07) is 25.9. The van der Waals surface area contributed by atoms with Gasteiger partial charge in [0.25, 0.3) is 0 Å². The van der Waals surface area contributed by atoms with Crippen LogP contribution in [0.3, 0.4) is 0 Å². The lowest BCUT2D eigenvalue weighted by Crippen LogP contribution is -2.01. The van der Waals surface area contributed by atoms with E-state index in [1.165, 1.54) is 5.56 Å². The van der Waals surface area contributed by atoms with Crippen LogP contribution in [0.15, 0.2) is 78.9 Å². The number of hydrogen-bond acceptors (Lipinski definition) is 2. The van der Waals surface area contributed by atoms with Gasteiger partial charge < -0.3 is 10.4 Å². The molecule has 3 aromatic rings. The van der Waals surface area contributed by atoms with Crippen LogP contribution in [-0.2, 0) is 6.54 Å². The number of para-hydroxylation sites is 2. The number of rotatable bonds is 4. The fourth-order valence-corrected chi connectivity index (χ4v) is 2.36. The lowest BCUT2D eigenvalue weighted by atomic mass is 10.0. The van der Waals surface area contributed by atoms with Crippen molar-refractivity contribution >= 4 is 5.69 Å². The summed E-state index contributed by atoms with van der Waals surface area (Å²) in [7, 11) is 0. The predicted molar refractivity (Wildman–Crippen MR) is 87.3 cm³/mol. The lowest BCUT2D eigenvalue weighted by molar-refractivity contribution is 0.469. The first kappa shape index (κ1) is 13.3. The van der Waals surface area contributed by atoms with E-state index in [4.69, 9.17) is 0 Å². The molecule has 0 aliphatic heterocycles. The normalized spacial score (nSPS) is 10.3. The third-order valence-corrected chi connectivity index (χ3v) is 3.47. The highest BCUT2D eigenvalue weighted by Crippen LogP contribution is 2.28. The van der Waals surface area contributed by atoms with Crippen LogP contribution in [0.4, 0.5) is 5.69 Å². The zero-order valence-corrected chi connectivity index (χ0v) is 11.7. The highest BCUT2D eigenvalue weighted by molar-refractivity contribution is 5.77. The van der Waals surface area contributed by atoms with Crippen LogP contribution >= 0.6 is 0 Å². The van der Waals surface area contributed by atoms with E-state index < -0.39 is 0 Å². The van der Waals surface area contributed by atoms with Crippen molar-refractivity contribution in [3.8, 4) is 16.9 Å². The van der Waals surface area contributed by atoms with Crippen LogP contribution < -0.4 is 5.32 Å². The van der Waals surface area contributed by atoms with Gasteiger partial charge in [0.1, 0.15) is 5.75 Å². The highest BCUT2D eigenvalue weighted by Gasteiger charge is 2.05. The molecule has 21 heavy (non-hydrogen) atoms. The second-order valence-electron chi connectivity index (χ2n) is 4.89. The highest BCUT2D eigenvalue weighted by atomic mass is 16.3. The molecule has 0 unspecified atom stereocenters. The van der Waals surface area contributed by atoms with Crippen molar-refractivity contribution in [2.45, 2.75) is 6.54 Å². The van der Waals surface area contributed by atoms with Gasteiger partial charge in [-0.1, -0.05) is 66.7 Å². The zero-order valence-electron chi connectivity index (χ0n) is 11.7. The number of nitrogens with one attached hydrogen (secondary N) is 1. The summed E-state index contributed by atoms with van der Waals surface area (Å²) in [5, 5.41) is 13.2. The Balaban J connectivity index is 1.85. The first-order valence-corrected chi connectivity index (χ1v) is 7.00. The first-order valence-electron chi connectivity index (χ1n) is 7.00. The molecule has 0 aliphatic carbocycles. The van der Waals surface area contributed by atoms with Crippen molar-refractivity contribution in [1.29, 1.82) is 0 Å². The quantitative estimate of drug-likeness (QED) is 0.725. The maximum absolute atomic E-state index is 9.83. The molecule has 0 saturated heterocycles. The van der Waals surface area contributed by atoms with Crippen molar-refractivity contribution in [3.05, 3.63) is 84.4 Å². The summed E-state index contributed by atoms with van der Waals surface area (Å²) in [5.41, 5.74) is 4.29. The summed E-state index contributed by atoms with van der Waals surface area (Å²) in [6.45, 7) is 0.594. The smallest absolute Gasteiger partial charge is 0.120 e. The Kier molecular flexibility index (Phi) is 3.88. The third-order valence-electron chi connectivity index (χ3n) is 3.47. The van der Waals surface area contributed by atoms with Crippen LogP contribution in [0.25, 0.3) is 11.1 Å². The molecular weight excluding hydrogens is 258 g/mol. The largest absolute Gasteiger partial charge is 0.508 e. The van der Waals surface area contributed by atoms with Crippen LogP contribution in [-0.4, -0.2) is 5.11 Å². The zero-order chi connectivity index (χ0) is 14.5. The van der Waals surface area contributed by atoms with Crippen molar-refractivity contribution < 1.29 is 5.11 Å². The molecule has 3 aromatic carbocycles. The minimum Gasteiger partial charge on any atom is -0.508 e. The molecule has 0 atom stereocenters. The SMILES string of the molecule is Oc1ccccc1CNc1ccccc1-c1ccccc1. The van der Waals surface area contributed by atoms with Gasteiger partial charge in [0.05, 0.1) is 0 Å². The average molecular weight is 275 g/mol. The van der Waals surface area contributed by atoms with Gasteiger partial charge in [-0.15, -0.1) is 0 Å². The van der Waals surface area contributed by atoms with E-state index in [-0.39, 0.29) is 0 Å². The van der Waals surface area contributed by atoms with Crippen LogP contribution in [0, 0.1) is 0 Å². The standard InChI is InChI=1S/C19H17NO/c21-19-13-7-4-10-16(19)14-20-18-12-6-5-11-17(18)15-8-2-1-3-9-15/h1-13,20-21H,14H2. The van der Waals surface area contributed by atoms with E-state index in [0.29, 0.717) is 12.3 Å². The van der Waals surface area contributed by atoms with Crippen molar-refractivity contribution in [1.82, 2.24) is 0 Å². The first-order chi connectivity index (χ1) is 10.3. The minimum atomic E-state index is 0.321. The van der Waals surface area contributed by atoms with Crippen LogP contribution in [0.5, 0.6) is 5.75 Å². The Hall–Kier alpha value is -2.74. The Morgan fingerprint density at radius 2 is 1.38 bits per heavy atom. The van der Waals surface area contributed by atoms with E-state index >= 15 is 0 Å². The summed E-state index contributed by atoms with van der Waals surface area (Å²) >= 11 is 0.